The van der Waals surface area contributed by atoms with Crippen molar-refractivity contribution in [1.82, 2.24) is 0 Å². The summed E-state index contributed by atoms with van der Waals surface area (Å²) in [6.07, 6.45) is 1.50. The van der Waals surface area contributed by atoms with E-state index < -0.39 is 5.97 Å². The van der Waals surface area contributed by atoms with Gasteiger partial charge in [-0.3, -0.25) is 0 Å². The molecule has 0 bridgehead atoms. The molecule has 1 heterocycles. The Morgan fingerprint density at radius 3 is 3.07 bits per heavy atom. The van der Waals surface area contributed by atoms with Gasteiger partial charge in [-0.25, -0.2) is 4.79 Å². The first-order valence-corrected chi connectivity index (χ1v) is 4.72. The number of benzene rings is 1. The van der Waals surface area contributed by atoms with Crippen molar-refractivity contribution >= 4 is 11.7 Å². The van der Waals surface area contributed by atoms with E-state index in [1.807, 2.05) is 18.2 Å². The van der Waals surface area contributed by atoms with Gasteiger partial charge < -0.3 is 14.8 Å². The molecule has 1 aromatic carbocycles. The molecule has 0 fully saturated rings. The summed E-state index contributed by atoms with van der Waals surface area (Å²) in [6, 6.07) is 7.38. The van der Waals surface area contributed by atoms with E-state index in [1.165, 1.54) is 6.20 Å². The number of para-hydroxylation sites is 2. The minimum atomic E-state index is -0.459. The van der Waals surface area contributed by atoms with E-state index in [9.17, 15) is 4.79 Å². The predicted octanol–water partition coefficient (Wildman–Crippen LogP) is 1.90. The molecule has 0 aromatic heterocycles. The summed E-state index contributed by atoms with van der Waals surface area (Å²) in [4.78, 5) is 11.4. The van der Waals surface area contributed by atoms with Crippen LogP contribution in [0.5, 0.6) is 5.75 Å². The van der Waals surface area contributed by atoms with Crippen LogP contribution in [0.2, 0.25) is 0 Å². The molecule has 1 aliphatic heterocycles. The molecule has 1 aromatic rings. The van der Waals surface area contributed by atoms with Crippen molar-refractivity contribution in [2.45, 2.75) is 6.92 Å². The quantitative estimate of drug-likeness (QED) is 0.749. The summed E-state index contributed by atoms with van der Waals surface area (Å²) >= 11 is 0. The minimum absolute atomic E-state index is 0.176. The summed E-state index contributed by atoms with van der Waals surface area (Å²) in [5.41, 5.74) is 0.838. The van der Waals surface area contributed by atoms with E-state index in [0.717, 1.165) is 5.69 Å². The van der Waals surface area contributed by atoms with Crippen LogP contribution in [0, 0.1) is 0 Å². The molecule has 0 saturated heterocycles. The minimum Gasteiger partial charge on any atom is -0.460 e. The van der Waals surface area contributed by atoms with Crippen LogP contribution in [0.25, 0.3) is 0 Å². The highest BCUT2D eigenvalue weighted by molar-refractivity contribution is 5.88. The van der Waals surface area contributed by atoms with Crippen molar-refractivity contribution in [2.75, 3.05) is 11.9 Å². The fraction of sp³-hybridized carbons (Fsp3) is 0.182. The Morgan fingerprint density at radius 1 is 1.47 bits per heavy atom. The zero-order valence-corrected chi connectivity index (χ0v) is 8.32. The zero-order chi connectivity index (χ0) is 10.7. The van der Waals surface area contributed by atoms with E-state index in [0.29, 0.717) is 12.4 Å². The lowest BCUT2D eigenvalue weighted by Crippen LogP contribution is -2.17. The zero-order valence-electron chi connectivity index (χ0n) is 8.32. The summed E-state index contributed by atoms with van der Waals surface area (Å²) in [5, 5.41) is 2.96. The lowest BCUT2D eigenvalue weighted by Gasteiger charge is -2.17. The molecule has 1 aliphatic rings. The molecule has 0 saturated carbocycles. The van der Waals surface area contributed by atoms with Gasteiger partial charge in [0.25, 0.3) is 0 Å². The van der Waals surface area contributed by atoms with Crippen LogP contribution in [0.3, 0.4) is 0 Å². The molecule has 0 radical (unpaired) electrons. The lowest BCUT2D eigenvalue weighted by atomic mass is 10.2. The standard InChI is InChI=1S/C11H11NO3/c1-2-14-11(13)10-7-12-8-5-3-4-6-9(8)15-10/h3-7,12H,2H2,1H3. The lowest BCUT2D eigenvalue weighted by molar-refractivity contribution is -0.141. The molecule has 0 amide bonds. The first kappa shape index (κ1) is 9.58. The molecule has 4 heteroatoms. The predicted molar refractivity (Wildman–Crippen MR) is 55.4 cm³/mol. The molecule has 0 atom stereocenters. The van der Waals surface area contributed by atoms with Crippen LogP contribution in [-0.4, -0.2) is 12.6 Å². The van der Waals surface area contributed by atoms with Gasteiger partial charge in [-0.1, -0.05) is 12.1 Å². The third kappa shape index (κ3) is 1.93. The Balaban J connectivity index is 2.16. The highest BCUT2D eigenvalue weighted by atomic mass is 16.6. The molecule has 1 N–H and O–H groups in total. The third-order valence-corrected chi connectivity index (χ3v) is 1.94. The van der Waals surface area contributed by atoms with Gasteiger partial charge in [-0.15, -0.1) is 0 Å². The monoisotopic (exact) mass is 205 g/mol. The summed E-state index contributed by atoms with van der Waals surface area (Å²) in [5.74, 6) is 0.345. The molecular weight excluding hydrogens is 194 g/mol. The van der Waals surface area contributed by atoms with Crippen molar-refractivity contribution in [3.05, 3.63) is 36.2 Å². The van der Waals surface area contributed by atoms with Crippen LogP contribution in [0.15, 0.2) is 36.2 Å². The van der Waals surface area contributed by atoms with Gasteiger partial charge in [-0.2, -0.15) is 0 Å². The van der Waals surface area contributed by atoms with Crippen molar-refractivity contribution < 1.29 is 14.3 Å². The van der Waals surface area contributed by atoms with Gasteiger partial charge in [0.15, 0.2) is 5.75 Å². The van der Waals surface area contributed by atoms with Gasteiger partial charge in [0.05, 0.1) is 18.5 Å². The fourth-order valence-corrected chi connectivity index (χ4v) is 1.27. The number of hydrogen-bond donors (Lipinski definition) is 1. The number of ether oxygens (including phenoxy) is 2. The smallest absolute Gasteiger partial charge is 0.375 e. The highest BCUT2D eigenvalue weighted by Gasteiger charge is 2.18. The maximum Gasteiger partial charge on any atom is 0.375 e. The molecule has 4 nitrogen and oxygen atoms in total. The van der Waals surface area contributed by atoms with Crippen molar-refractivity contribution in [1.29, 1.82) is 0 Å². The highest BCUT2D eigenvalue weighted by Crippen LogP contribution is 2.29. The summed E-state index contributed by atoms with van der Waals surface area (Å²) in [7, 11) is 0. The number of rotatable bonds is 2. The number of nitrogens with one attached hydrogen (secondary N) is 1. The van der Waals surface area contributed by atoms with Crippen molar-refractivity contribution in [3.63, 3.8) is 0 Å². The Kier molecular flexibility index (Phi) is 2.58. The van der Waals surface area contributed by atoms with Crippen LogP contribution in [-0.2, 0) is 9.53 Å². The normalized spacial score (nSPS) is 13.0. The number of esters is 1. The maximum atomic E-state index is 11.4. The van der Waals surface area contributed by atoms with Crippen molar-refractivity contribution in [2.24, 2.45) is 0 Å². The molecule has 0 unspecified atom stereocenters. The third-order valence-electron chi connectivity index (χ3n) is 1.94. The number of anilines is 1. The second-order valence-electron chi connectivity index (χ2n) is 2.97. The van der Waals surface area contributed by atoms with Crippen LogP contribution in [0.1, 0.15) is 6.92 Å². The average Bonchev–Trinajstić information content (AvgIpc) is 2.29. The maximum absolute atomic E-state index is 11.4. The SMILES string of the molecule is CCOC(=O)C1=CNc2ccccc2O1. The summed E-state index contributed by atoms with van der Waals surface area (Å²) < 4.78 is 10.2. The first-order valence-electron chi connectivity index (χ1n) is 4.72. The van der Waals surface area contributed by atoms with Gasteiger partial charge >= 0.3 is 5.97 Å². The number of carbonyl (C=O) groups excluding carboxylic acids is 1. The number of hydrogen-bond acceptors (Lipinski definition) is 4. The second kappa shape index (κ2) is 4.04. The topological polar surface area (TPSA) is 47.6 Å². The second-order valence-corrected chi connectivity index (χ2v) is 2.97. The number of fused-ring (bicyclic) bond motifs is 1. The van der Waals surface area contributed by atoms with Crippen molar-refractivity contribution in [3.8, 4) is 5.75 Å². The van der Waals surface area contributed by atoms with Crippen LogP contribution >= 0.6 is 0 Å². The van der Waals surface area contributed by atoms with E-state index in [1.54, 1.807) is 13.0 Å². The Morgan fingerprint density at radius 2 is 2.27 bits per heavy atom. The molecule has 0 aliphatic carbocycles. The van der Waals surface area contributed by atoms with Gasteiger partial charge in [-0.05, 0) is 19.1 Å². The van der Waals surface area contributed by atoms with Gasteiger partial charge in [0, 0.05) is 0 Å². The van der Waals surface area contributed by atoms with E-state index in [2.05, 4.69) is 5.32 Å². The van der Waals surface area contributed by atoms with E-state index >= 15 is 0 Å². The molecular formula is C11H11NO3. The first-order chi connectivity index (χ1) is 7.31. The van der Waals surface area contributed by atoms with Crippen LogP contribution in [0.4, 0.5) is 5.69 Å². The molecule has 15 heavy (non-hydrogen) atoms. The van der Waals surface area contributed by atoms with Gasteiger partial charge in [0.1, 0.15) is 0 Å². The molecule has 2 rings (SSSR count). The molecule has 78 valence electrons. The fourth-order valence-electron chi connectivity index (χ4n) is 1.27. The van der Waals surface area contributed by atoms with E-state index in [4.69, 9.17) is 9.47 Å². The average molecular weight is 205 g/mol. The molecule has 0 spiro atoms. The Bertz CT molecular complexity index is 412. The Hall–Kier alpha value is -1.97. The van der Waals surface area contributed by atoms with Crippen LogP contribution < -0.4 is 10.1 Å². The number of carbonyl (C=O) groups is 1. The van der Waals surface area contributed by atoms with Gasteiger partial charge in [0.2, 0.25) is 5.76 Å². The van der Waals surface area contributed by atoms with E-state index in [-0.39, 0.29) is 5.76 Å². The summed E-state index contributed by atoms with van der Waals surface area (Å²) in [6.45, 7) is 2.09. The Labute approximate surface area is 87.5 Å². The largest absolute Gasteiger partial charge is 0.460 e.